The summed E-state index contributed by atoms with van der Waals surface area (Å²) in [5, 5.41) is 0. The SMILES string of the molecule is COc1ccc(CC(N)C(=O)C(C)C)cc1. The van der Waals surface area contributed by atoms with E-state index in [1.165, 1.54) is 0 Å². The fraction of sp³-hybridized carbons (Fsp3) is 0.462. The second kappa shape index (κ2) is 5.66. The Hall–Kier alpha value is -1.35. The number of ether oxygens (including phenoxy) is 1. The Kier molecular flexibility index (Phi) is 4.50. The van der Waals surface area contributed by atoms with Gasteiger partial charge >= 0.3 is 0 Å². The van der Waals surface area contributed by atoms with E-state index in [2.05, 4.69) is 0 Å². The van der Waals surface area contributed by atoms with E-state index >= 15 is 0 Å². The minimum absolute atomic E-state index is 0.00625. The van der Waals surface area contributed by atoms with E-state index in [1.807, 2.05) is 38.1 Å². The predicted octanol–water partition coefficient (Wildman–Crippen LogP) is 1.79. The Balaban J connectivity index is 2.62. The summed E-state index contributed by atoms with van der Waals surface area (Å²) in [5.74, 6) is 0.913. The molecule has 0 saturated heterocycles. The quantitative estimate of drug-likeness (QED) is 0.824. The van der Waals surface area contributed by atoms with Crippen LogP contribution < -0.4 is 10.5 Å². The number of carbonyl (C=O) groups excluding carboxylic acids is 1. The lowest BCUT2D eigenvalue weighted by molar-refractivity contribution is -0.123. The lowest BCUT2D eigenvalue weighted by Crippen LogP contribution is -2.35. The molecule has 3 nitrogen and oxygen atoms in total. The summed E-state index contributed by atoms with van der Waals surface area (Å²) in [4.78, 5) is 11.6. The van der Waals surface area contributed by atoms with Crippen LogP contribution in [0, 0.1) is 5.92 Å². The van der Waals surface area contributed by atoms with Gasteiger partial charge in [-0.3, -0.25) is 4.79 Å². The zero-order valence-electron chi connectivity index (χ0n) is 10.1. The van der Waals surface area contributed by atoms with Gasteiger partial charge < -0.3 is 10.5 Å². The molecule has 1 aromatic rings. The summed E-state index contributed by atoms with van der Waals surface area (Å²) in [7, 11) is 1.63. The largest absolute Gasteiger partial charge is 0.497 e. The molecule has 0 amide bonds. The highest BCUT2D eigenvalue weighted by Crippen LogP contribution is 2.13. The minimum Gasteiger partial charge on any atom is -0.497 e. The van der Waals surface area contributed by atoms with Crippen molar-refractivity contribution in [1.82, 2.24) is 0 Å². The van der Waals surface area contributed by atoms with Crippen molar-refractivity contribution < 1.29 is 9.53 Å². The maximum Gasteiger partial charge on any atom is 0.152 e. The van der Waals surface area contributed by atoms with Crippen LogP contribution >= 0.6 is 0 Å². The molecule has 0 aliphatic rings. The molecule has 16 heavy (non-hydrogen) atoms. The van der Waals surface area contributed by atoms with E-state index in [9.17, 15) is 4.79 Å². The molecule has 3 heteroatoms. The lowest BCUT2D eigenvalue weighted by atomic mass is 9.96. The van der Waals surface area contributed by atoms with Crippen molar-refractivity contribution in [3.63, 3.8) is 0 Å². The Morgan fingerprint density at radius 3 is 2.31 bits per heavy atom. The van der Waals surface area contributed by atoms with Gasteiger partial charge in [0.2, 0.25) is 0 Å². The molecule has 0 heterocycles. The molecule has 0 bridgehead atoms. The van der Waals surface area contributed by atoms with Crippen LogP contribution in [-0.2, 0) is 11.2 Å². The lowest BCUT2D eigenvalue weighted by Gasteiger charge is -2.13. The Labute approximate surface area is 96.6 Å². The topological polar surface area (TPSA) is 52.3 Å². The van der Waals surface area contributed by atoms with Crippen molar-refractivity contribution in [1.29, 1.82) is 0 Å². The molecule has 2 N–H and O–H groups in total. The summed E-state index contributed by atoms with van der Waals surface area (Å²) in [5.41, 5.74) is 6.90. The number of hydrogen-bond donors (Lipinski definition) is 1. The standard InChI is InChI=1S/C13H19NO2/c1-9(2)13(15)12(14)8-10-4-6-11(16-3)7-5-10/h4-7,9,12H,8,14H2,1-3H3. The molecule has 0 aromatic heterocycles. The fourth-order valence-corrected chi connectivity index (χ4v) is 1.54. The molecule has 0 radical (unpaired) electrons. The Morgan fingerprint density at radius 2 is 1.88 bits per heavy atom. The zero-order valence-corrected chi connectivity index (χ0v) is 10.1. The van der Waals surface area contributed by atoms with E-state index in [1.54, 1.807) is 7.11 Å². The highest BCUT2D eigenvalue weighted by atomic mass is 16.5. The third-order valence-corrected chi connectivity index (χ3v) is 2.55. The number of benzene rings is 1. The van der Waals surface area contributed by atoms with E-state index in [-0.39, 0.29) is 11.7 Å². The number of nitrogens with two attached hydrogens (primary N) is 1. The van der Waals surface area contributed by atoms with E-state index < -0.39 is 6.04 Å². The fourth-order valence-electron chi connectivity index (χ4n) is 1.54. The third-order valence-electron chi connectivity index (χ3n) is 2.55. The highest BCUT2D eigenvalue weighted by Gasteiger charge is 2.17. The third kappa shape index (κ3) is 3.35. The summed E-state index contributed by atoms with van der Waals surface area (Å²) in [6.45, 7) is 3.74. The normalized spacial score (nSPS) is 12.6. The first-order chi connectivity index (χ1) is 7.54. The molecule has 1 aromatic carbocycles. The van der Waals surface area contributed by atoms with Crippen molar-refractivity contribution in [3.05, 3.63) is 29.8 Å². The molecule has 1 rings (SSSR count). The zero-order chi connectivity index (χ0) is 12.1. The van der Waals surface area contributed by atoms with Gasteiger partial charge in [0, 0.05) is 5.92 Å². The first kappa shape index (κ1) is 12.7. The molecular weight excluding hydrogens is 202 g/mol. The van der Waals surface area contributed by atoms with Gasteiger partial charge in [0.25, 0.3) is 0 Å². The summed E-state index contributed by atoms with van der Waals surface area (Å²) in [6.07, 6.45) is 0.584. The summed E-state index contributed by atoms with van der Waals surface area (Å²) in [6, 6.07) is 7.22. The van der Waals surface area contributed by atoms with Crippen LogP contribution in [0.4, 0.5) is 0 Å². The monoisotopic (exact) mass is 221 g/mol. The first-order valence-electron chi connectivity index (χ1n) is 5.47. The minimum atomic E-state index is -0.409. The highest BCUT2D eigenvalue weighted by molar-refractivity contribution is 5.85. The molecule has 0 spiro atoms. The van der Waals surface area contributed by atoms with Crippen LogP contribution in [-0.4, -0.2) is 18.9 Å². The number of Topliss-reactive ketones (excluding diaryl/α,β-unsaturated/α-hetero) is 1. The molecule has 88 valence electrons. The Bertz CT molecular complexity index is 343. The van der Waals surface area contributed by atoms with Crippen molar-refractivity contribution in [2.24, 2.45) is 11.7 Å². The van der Waals surface area contributed by atoms with E-state index in [0.717, 1.165) is 11.3 Å². The van der Waals surface area contributed by atoms with Gasteiger partial charge in [-0.1, -0.05) is 26.0 Å². The molecule has 1 atom stereocenters. The van der Waals surface area contributed by atoms with E-state index in [0.29, 0.717) is 6.42 Å². The predicted molar refractivity (Wildman–Crippen MR) is 64.5 cm³/mol. The smallest absolute Gasteiger partial charge is 0.152 e. The number of hydrogen-bond acceptors (Lipinski definition) is 3. The molecular formula is C13H19NO2. The van der Waals surface area contributed by atoms with Gasteiger partial charge in [-0.05, 0) is 24.1 Å². The van der Waals surface area contributed by atoms with Crippen LogP contribution in [0.5, 0.6) is 5.75 Å². The van der Waals surface area contributed by atoms with Crippen LogP contribution in [0.15, 0.2) is 24.3 Å². The van der Waals surface area contributed by atoms with Crippen LogP contribution in [0.25, 0.3) is 0 Å². The molecule has 0 fully saturated rings. The first-order valence-corrected chi connectivity index (χ1v) is 5.47. The van der Waals surface area contributed by atoms with Crippen LogP contribution in [0.1, 0.15) is 19.4 Å². The molecule has 0 aliphatic heterocycles. The molecule has 0 aliphatic carbocycles. The second-order valence-corrected chi connectivity index (χ2v) is 4.22. The van der Waals surface area contributed by atoms with Gasteiger partial charge in [-0.2, -0.15) is 0 Å². The van der Waals surface area contributed by atoms with E-state index in [4.69, 9.17) is 10.5 Å². The number of rotatable bonds is 5. The Morgan fingerprint density at radius 1 is 1.31 bits per heavy atom. The van der Waals surface area contributed by atoms with Crippen LogP contribution in [0.2, 0.25) is 0 Å². The maximum atomic E-state index is 11.6. The van der Waals surface area contributed by atoms with Gasteiger partial charge in [0.1, 0.15) is 5.75 Å². The average Bonchev–Trinajstić information content (AvgIpc) is 2.28. The van der Waals surface area contributed by atoms with Crippen molar-refractivity contribution >= 4 is 5.78 Å². The van der Waals surface area contributed by atoms with Gasteiger partial charge in [0.05, 0.1) is 13.2 Å². The number of carbonyl (C=O) groups is 1. The average molecular weight is 221 g/mol. The summed E-state index contributed by atoms with van der Waals surface area (Å²) >= 11 is 0. The van der Waals surface area contributed by atoms with Gasteiger partial charge in [-0.25, -0.2) is 0 Å². The number of ketones is 1. The van der Waals surface area contributed by atoms with Gasteiger partial charge in [-0.15, -0.1) is 0 Å². The van der Waals surface area contributed by atoms with Gasteiger partial charge in [0.15, 0.2) is 5.78 Å². The molecule has 0 saturated carbocycles. The van der Waals surface area contributed by atoms with Crippen molar-refractivity contribution in [3.8, 4) is 5.75 Å². The second-order valence-electron chi connectivity index (χ2n) is 4.22. The van der Waals surface area contributed by atoms with Crippen molar-refractivity contribution in [2.75, 3.05) is 7.11 Å². The number of methoxy groups -OCH3 is 1. The maximum absolute atomic E-state index is 11.6. The molecule has 1 unspecified atom stereocenters. The van der Waals surface area contributed by atoms with Crippen LogP contribution in [0.3, 0.4) is 0 Å². The summed E-state index contributed by atoms with van der Waals surface area (Å²) < 4.78 is 5.06. The van der Waals surface area contributed by atoms with Crippen molar-refractivity contribution in [2.45, 2.75) is 26.3 Å².